The summed E-state index contributed by atoms with van der Waals surface area (Å²) in [5, 5.41) is 6.78. The van der Waals surface area contributed by atoms with E-state index in [0.717, 1.165) is 26.2 Å². The molecule has 1 aliphatic heterocycles. The van der Waals surface area contributed by atoms with Crippen LogP contribution >= 0.6 is 0 Å². The first kappa shape index (κ1) is 15.3. The van der Waals surface area contributed by atoms with Gasteiger partial charge in [0.15, 0.2) is 0 Å². The summed E-state index contributed by atoms with van der Waals surface area (Å²) in [6.45, 7) is 6.05. The summed E-state index contributed by atoms with van der Waals surface area (Å²) in [5.41, 5.74) is 3.68. The Morgan fingerprint density at radius 3 is 2.13 bits per heavy atom. The van der Waals surface area contributed by atoms with Crippen LogP contribution in [0.5, 0.6) is 0 Å². The van der Waals surface area contributed by atoms with Gasteiger partial charge in [-0.25, -0.2) is 0 Å². The highest BCUT2D eigenvalue weighted by atomic mass is 15.5. The Kier molecular flexibility index (Phi) is 5.09. The van der Waals surface area contributed by atoms with Crippen LogP contribution in [0, 0.1) is 0 Å². The average Bonchev–Trinajstić information content (AvgIpc) is 2.62. The Balaban J connectivity index is 1.53. The van der Waals surface area contributed by atoms with Crippen molar-refractivity contribution < 1.29 is 0 Å². The van der Waals surface area contributed by atoms with Crippen molar-refractivity contribution in [3.05, 3.63) is 71.8 Å². The third-order valence-corrected chi connectivity index (χ3v) is 4.00. The quantitative estimate of drug-likeness (QED) is 0.798. The molecular weight excluding hydrogens is 282 g/mol. The van der Waals surface area contributed by atoms with Crippen LogP contribution in [0.25, 0.3) is 6.08 Å². The van der Waals surface area contributed by atoms with Gasteiger partial charge in [0.05, 0.1) is 13.1 Å². The molecule has 1 saturated heterocycles. The molecular formula is C20H23N3. The third kappa shape index (κ3) is 4.46. The average molecular weight is 305 g/mol. The van der Waals surface area contributed by atoms with E-state index < -0.39 is 0 Å². The van der Waals surface area contributed by atoms with Gasteiger partial charge in [-0.1, -0.05) is 54.6 Å². The zero-order valence-corrected chi connectivity index (χ0v) is 13.6. The highest BCUT2D eigenvalue weighted by Crippen LogP contribution is 2.15. The second-order valence-corrected chi connectivity index (χ2v) is 5.82. The summed E-state index contributed by atoms with van der Waals surface area (Å²) in [5.74, 6) is 0. The number of hydrogen-bond donors (Lipinski definition) is 0. The normalized spacial score (nSPS) is 16.1. The van der Waals surface area contributed by atoms with E-state index in [2.05, 4.69) is 82.6 Å². The van der Waals surface area contributed by atoms with Crippen molar-refractivity contribution in [3.63, 3.8) is 0 Å². The first-order valence-corrected chi connectivity index (χ1v) is 8.13. The Morgan fingerprint density at radius 2 is 1.48 bits per heavy atom. The van der Waals surface area contributed by atoms with Gasteiger partial charge in [-0.3, -0.25) is 5.01 Å². The first-order valence-electron chi connectivity index (χ1n) is 8.13. The van der Waals surface area contributed by atoms with Crippen molar-refractivity contribution in [1.82, 2.24) is 5.01 Å². The molecule has 2 aromatic rings. The second-order valence-electron chi connectivity index (χ2n) is 5.82. The lowest BCUT2D eigenvalue weighted by atomic mass is 10.1. The maximum Gasteiger partial charge on any atom is 0.0536 e. The topological polar surface area (TPSA) is 18.8 Å². The summed E-state index contributed by atoms with van der Waals surface area (Å²) < 4.78 is 0. The molecule has 2 aromatic carbocycles. The van der Waals surface area contributed by atoms with Crippen LogP contribution in [0.1, 0.15) is 12.5 Å². The van der Waals surface area contributed by atoms with E-state index in [1.807, 2.05) is 12.3 Å². The molecule has 0 atom stereocenters. The fourth-order valence-electron chi connectivity index (χ4n) is 2.73. The number of hydrogen-bond acceptors (Lipinski definition) is 3. The van der Waals surface area contributed by atoms with Crippen LogP contribution in [0.2, 0.25) is 0 Å². The minimum Gasteiger partial charge on any atom is -0.368 e. The fraction of sp³-hybridized carbons (Fsp3) is 0.250. The van der Waals surface area contributed by atoms with Gasteiger partial charge >= 0.3 is 0 Å². The molecule has 0 N–H and O–H groups in total. The van der Waals surface area contributed by atoms with Gasteiger partial charge in [-0.2, -0.15) is 5.10 Å². The van der Waals surface area contributed by atoms with Gasteiger partial charge in [0.1, 0.15) is 0 Å². The van der Waals surface area contributed by atoms with Crippen LogP contribution in [0.4, 0.5) is 5.69 Å². The lowest BCUT2D eigenvalue weighted by Crippen LogP contribution is -2.44. The van der Waals surface area contributed by atoms with Crippen molar-refractivity contribution in [2.24, 2.45) is 5.10 Å². The van der Waals surface area contributed by atoms with Crippen molar-refractivity contribution >= 4 is 18.0 Å². The van der Waals surface area contributed by atoms with E-state index in [1.54, 1.807) is 0 Å². The maximum atomic E-state index is 4.62. The minimum absolute atomic E-state index is 0.962. The number of benzene rings is 2. The monoisotopic (exact) mass is 305 g/mol. The minimum atomic E-state index is 0.962. The maximum absolute atomic E-state index is 4.62. The number of piperazine rings is 1. The van der Waals surface area contributed by atoms with E-state index >= 15 is 0 Å². The van der Waals surface area contributed by atoms with Crippen LogP contribution in [0.15, 0.2) is 71.3 Å². The number of rotatable bonds is 4. The van der Waals surface area contributed by atoms with Crippen molar-refractivity contribution in [1.29, 1.82) is 0 Å². The lowest BCUT2D eigenvalue weighted by Gasteiger charge is -2.34. The third-order valence-electron chi connectivity index (χ3n) is 4.00. The molecule has 1 heterocycles. The zero-order valence-electron chi connectivity index (χ0n) is 13.6. The molecule has 0 bridgehead atoms. The summed E-state index contributed by atoms with van der Waals surface area (Å²) in [6.07, 6.45) is 4.12. The molecule has 0 saturated carbocycles. The summed E-state index contributed by atoms with van der Waals surface area (Å²) in [6, 6.07) is 21.0. The number of hydrazone groups is 1. The largest absolute Gasteiger partial charge is 0.368 e. The summed E-state index contributed by atoms with van der Waals surface area (Å²) in [4.78, 5) is 2.42. The first-order chi connectivity index (χ1) is 11.3. The molecule has 0 aromatic heterocycles. The lowest BCUT2D eigenvalue weighted by molar-refractivity contribution is 0.272. The van der Waals surface area contributed by atoms with Gasteiger partial charge in [-0.05, 0) is 30.2 Å². The molecule has 1 fully saturated rings. The predicted molar refractivity (Wildman–Crippen MR) is 98.8 cm³/mol. The molecule has 0 aliphatic carbocycles. The number of para-hydroxylation sites is 1. The Bertz CT molecular complexity index is 654. The van der Waals surface area contributed by atoms with Crippen molar-refractivity contribution in [3.8, 4) is 0 Å². The molecule has 3 nitrogen and oxygen atoms in total. The summed E-state index contributed by atoms with van der Waals surface area (Å²) in [7, 11) is 0. The van der Waals surface area contributed by atoms with Crippen LogP contribution in [-0.4, -0.2) is 37.4 Å². The van der Waals surface area contributed by atoms with E-state index in [-0.39, 0.29) is 0 Å². The molecule has 118 valence electrons. The molecule has 0 amide bonds. The Morgan fingerprint density at radius 1 is 0.870 bits per heavy atom. The van der Waals surface area contributed by atoms with E-state index in [9.17, 15) is 0 Å². The van der Waals surface area contributed by atoms with Gasteiger partial charge in [0, 0.05) is 25.0 Å². The number of anilines is 1. The van der Waals surface area contributed by atoms with Crippen LogP contribution < -0.4 is 4.90 Å². The second kappa shape index (κ2) is 7.63. The van der Waals surface area contributed by atoms with Crippen molar-refractivity contribution in [2.75, 3.05) is 31.1 Å². The van der Waals surface area contributed by atoms with Gasteiger partial charge in [-0.15, -0.1) is 0 Å². The molecule has 3 rings (SSSR count). The molecule has 0 spiro atoms. The number of nitrogens with zero attached hydrogens (tertiary/aromatic N) is 3. The van der Waals surface area contributed by atoms with E-state index in [0.29, 0.717) is 0 Å². The number of allylic oxidation sites excluding steroid dienone is 1. The predicted octanol–water partition coefficient (Wildman–Crippen LogP) is 3.90. The molecule has 0 radical (unpaired) electrons. The fourth-order valence-corrected chi connectivity index (χ4v) is 2.73. The van der Waals surface area contributed by atoms with Crippen LogP contribution in [0.3, 0.4) is 0 Å². The highest BCUT2D eigenvalue weighted by Gasteiger charge is 2.15. The standard InChI is InChI=1S/C20H23N3/c1-18(16-19-8-4-2-5-9-19)17-21-23-14-12-22(13-15-23)20-10-6-3-7-11-20/h2-11,16-17H,12-15H2,1H3/b18-16+,21-17+. The molecule has 23 heavy (non-hydrogen) atoms. The van der Waals surface area contributed by atoms with Gasteiger partial charge in [0.25, 0.3) is 0 Å². The van der Waals surface area contributed by atoms with Crippen molar-refractivity contribution in [2.45, 2.75) is 6.92 Å². The molecule has 0 unspecified atom stereocenters. The van der Waals surface area contributed by atoms with Crippen LogP contribution in [-0.2, 0) is 0 Å². The zero-order chi connectivity index (χ0) is 15.9. The SMILES string of the molecule is CC(/C=N/N1CCN(c2ccccc2)CC1)=C\c1ccccc1. The molecule has 3 heteroatoms. The van der Waals surface area contributed by atoms with E-state index in [4.69, 9.17) is 0 Å². The van der Waals surface area contributed by atoms with E-state index in [1.165, 1.54) is 16.8 Å². The summed E-state index contributed by atoms with van der Waals surface area (Å²) >= 11 is 0. The highest BCUT2D eigenvalue weighted by molar-refractivity contribution is 5.84. The smallest absolute Gasteiger partial charge is 0.0536 e. The van der Waals surface area contributed by atoms with Gasteiger partial charge < -0.3 is 4.90 Å². The molecule has 1 aliphatic rings. The Hall–Kier alpha value is -2.55. The Labute approximate surface area is 138 Å². The van der Waals surface area contributed by atoms with Gasteiger partial charge in [0.2, 0.25) is 0 Å².